The van der Waals surface area contributed by atoms with Crippen LogP contribution in [0.15, 0.2) is 12.1 Å². The molecule has 12 heteroatoms. The lowest BCUT2D eigenvalue weighted by molar-refractivity contribution is -0.0160. The van der Waals surface area contributed by atoms with Gasteiger partial charge in [-0.05, 0) is 59.9 Å². The number of hydrogen-bond acceptors (Lipinski definition) is 8. The SMILES string of the molecule is CC(O)(COc1nc(N2C[C@@H]3CC[C@](C)(C2)N3C(=O)OC(C)(C)C)c2cc(F)cc(F)c2n1)CN1CC[C@H](F)C1. The minimum absolute atomic E-state index is 0.104. The van der Waals surface area contributed by atoms with E-state index in [0.717, 1.165) is 18.9 Å². The third-order valence-electron chi connectivity index (χ3n) is 7.78. The Kier molecular flexibility index (Phi) is 7.31. The molecule has 0 spiro atoms. The molecule has 2 aromatic rings. The predicted molar refractivity (Wildman–Crippen MR) is 143 cm³/mol. The summed E-state index contributed by atoms with van der Waals surface area (Å²) in [6, 6.07) is 1.61. The van der Waals surface area contributed by atoms with Gasteiger partial charge < -0.3 is 19.5 Å². The van der Waals surface area contributed by atoms with Crippen LogP contribution >= 0.6 is 0 Å². The number of anilines is 1. The number of carbonyl (C=O) groups is 1. The first-order chi connectivity index (χ1) is 18.6. The molecule has 1 amide bonds. The number of amides is 1. The molecule has 220 valence electrons. The van der Waals surface area contributed by atoms with Gasteiger partial charge in [-0.2, -0.15) is 9.97 Å². The van der Waals surface area contributed by atoms with Gasteiger partial charge in [0.1, 0.15) is 41.1 Å². The standard InChI is InChI=1S/C28H38F3N5O4/c1-26(2,3)40-25(37)36-19-6-8-27(36,4)14-35(13-19)23-20-10-18(30)11-21(31)22(20)32-24(33-23)39-16-28(5,38)15-34-9-7-17(29)12-34/h10-11,17,19,38H,6-9,12-16H2,1-5H3/t17-,19-,27+,28?/m0/s1. The molecule has 1 N–H and O–H groups in total. The van der Waals surface area contributed by atoms with Gasteiger partial charge in [0.05, 0.1) is 11.6 Å². The Morgan fingerprint density at radius 2 is 1.93 bits per heavy atom. The number of aliphatic hydroxyl groups is 1. The molecule has 3 aliphatic rings. The van der Waals surface area contributed by atoms with E-state index in [9.17, 15) is 23.1 Å². The van der Waals surface area contributed by atoms with E-state index >= 15 is 0 Å². The molecule has 1 aromatic carbocycles. The molecule has 3 fully saturated rings. The molecular weight excluding hydrogens is 527 g/mol. The lowest BCUT2D eigenvalue weighted by Gasteiger charge is -2.47. The molecule has 4 atom stereocenters. The number of nitrogens with zero attached hydrogens (tertiary/aromatic N) is 5. The molecular formula is C28H38F3N5O4. The fourth-order valence-corrected chi connectivity index (χ4v) is 6.17. The Bertz CT molecular complexity index is 1290. The highest BCUT2D eigenvalue weighted by molar-refractivity contribution is 5.90. The molecule has 2 bridgehead atoms. The van der Waals surface area contributed by atoms with Gasteiger partial charge in [0.25, 0.3) is 0 Å². The van der Waals surface area contributed by atoms with Gasteiger partial charge >= 0.3 is 12.1 Å². The summed E-state index contributed by atoms with van der Waals surface area (Å²) in [5.74, 6) is -1.33. The van der Waals surface area contributed by atoms with Crippen LogP contribution in [0.3, 0.4) is 0 Å². The second kappa shape index (κ2) is 10.2. The van der Waals surface area contributed by atoms with Crippen LogP contribution in [0.2, 0.25) is 0 Å². The van der Waals surface area contributed by atoms with Crippen LogP contribution in [-0.4, -0.2) is 99.3 Å². The maximum absolute atomic E-state index is 15.0. The van der Waals surface area contributed by atoms with Crippen molar-refractivity contribution in [2.75, 3.05) is 44.2 Å². The summed E-state index contributed by atoms with van der Waals surface area (Å²) in [5, 5.41) is 11.1. The molecule has 3 saturated heterocycles. The Hall–Kier alpha value is -2.86. The number of ether oxygens (including phenoxy) is 2. The number of likely N-dealkylation sites (tertiary alicyclic amines) is 1. The number of halogens is 3. The number of rotatable bonds is 6. The molecule has 5 rings (SSSR count). The summed E-state index contributed by atoms with van der Waals surface area (Å²) < 4.78 is 54.4. The predicted octanol–water partition coefficient (Wildman–Crippen LogP) is 4.06. The highest BCUT2D eigenvalue weighted by atomic mass is 19.1. The van der Waals surface area contributed by atoms with Crippen molar-refractivity contribution >= 4 is 22.8 Å². The van der Waals surface area contributed by atoms with Crippen molar-refractivity contribution in [1.82, 2.24) is 19.8 Å². The van der Waals surface area contributed by atoms with Crippen LogP contribution in [0, 0.1) is 11.6 Å². The smallest absolute Gasteiger partial charge is 0.411 e. The van der Waals surface area contributed by atoms with Crippen LogP contribution in [0.25, 0.3) is 10.9 Å². The molecule has 9 nitrogen and oxygen atoms in total. The highest BCUT2D eigenvalue weighted by Gasteiger charge is 2.52. The van der Waals surface area contributed by atoms with E-state index in [4.69, 9.17) is 9.47 Å². The Labute approximate surface area is 232 Å². The van der Waals surface area contributed by atoms with Crippen molar-refractivity contribution in [3.63, 3.8) is 0 Å². The Balaban J connectivity index is 1.42. The number of carbonyl (C=O) groups excluding carboxylic acids is 1. The maximum atomic E-state index is 15.0. The van der Waals surface area contributed by atoms with Crippen molar-refractivity contribution in [3.8, 4) is 6.01 Å². The van der Waals surface area contributed by atoms with E-state index < -0.39 is 34.5 Å². The summed E-state index contributed by atoms with van der Waals surface area (Å²) in [5.41, 5.74) is -2.66. The molecule has 0 saturated carbocycles. The van der Waals surface area contributed by atoms with Gasteiger partial charge in [0.2, 0.25) is 0 Å². The maximum Gasteiger partial charge on any atom is 0.411 e. The fourth-order valence-electron chi connectivity index (χ4n) is 6.17. The minimum Gasteiger partial charge on any atom is -0.460 e. The number of alkyl halides is 1. The van der Waals surface area contributed by atoms with Gasteiger partial charge in [-0.25, -0.2) is 18.0 Å². The van der Waals surface area contributed by atoms with E-state index in [1.165, 1.54) is 6.07 Å². The third kappa shape index (κ3) is 5.93. The summed E-state index contributed by atoms with van der Waals surface area (Å²) in [6.45, 7) is 10.5. The molecule has 4 heterocycles. The molecule has 1 unspecified atom stereocenters. The average Bonchev–Trinajstić information content (AvgIpc) is 3.32. The van der Waals surface area contributed by atoms with Crippen LogP contribution in [0.1, 0.15) is 53.9 Å². The average molecular weight is 566 g/mol. The van der Waals surface area contributed by atoms with Gasteiger partial charge in [-0.3, -0.25) is 9.80 Å². The van der Waals surface area contributed by atoms with Gasteiger partial charge in [-0.15, -0.1) is 0 Å². The monoisotopic (exact) mass is 565 g/mol. The largest absolute Gasteiger partial charge is 0.460 e. The van der Waals surface area contributed by atoms with Crippen molar-refractivity contribution in [2.45, 2.75) is 82.8 Å². The van der Waals surface area contributed by atoms with E-state index in [1.54, 1.807) is 11.8 Å². The fraction of sp³-hybridized carbons (Fsp3) is 0.679. The summed E-state index contributed by atoms with van der Waals surface area (Å²) >= 11 is 0. The second-order valence-electron chi connectivity index (χ2n) is 12.9. The summed E-state index contributed by atoms with van der Waals surface area (Å²) in [7, 11) is 0. The zero-order chi connectivity index (χ0) is 29.0. The van der Waals surface area contributed by atoms with Crippen LogP contribution in [0.5, 0.6) is 6.01 Å². The topological polar surface area (TPSA) is 91.3 Å². The third-order valence-corrected chi connectivity index (χ3v) is 7.78. The number of fused-ring (bicyclic) bond motifs is 3. The molecule has 3 aliphatic heterocycles. The molecule has 40 heavy (non-hydrogen) atoms. The normalized spacial score (nSPS) is 26.8. The minimum atomic E-state index is -1.34. The number of hydrogen-bond donors (Lipinski definition) is 1. The lowest BCUT2D eigenvalue weighted by Crippen LogP contribution is -2.63. The number of β-amino-alcohol motifs (C(OH)–C–C–N with tert-alkyl or cyclic N) is 1. The number of benzene rings is 1. The van der Waals surface area contributed by atoms with Crippen molar-refractivity contribution in [2.24, 2.45) is 0 Å². The number of piperazine rings is 1. The molecule has 1 aromatic heterocycles. The molecule has 0 radical (unpaired) electrons. The summed E-state index contributed by atoms with van der Waals surface area (Å²) in [6.07, 6.45) is 0.608. The summed E-state index contributed by atoms with van der Waals surface area (Å²) in [4.78, 5) is 27.4. The molecule has 0 aliphatic carbocycles. The van der Waals surface area contributed by atoms with E-state index in [-0.39, 0.29) is 48.7 Å². The van der Waals surface area contributed by atoms with Gasteiger partial charge in [-0.1, -0.05) is 0 Å². The van der Waals surface area contributed by atoms with Gasteiger partial charge in [0.15, 0.2) is 5.82 Å². The second-order valence-corrected chi connectivity index (χ2v) is 12.9. The van der Waals surface area contributed by atoms with Crippen molar-refractivity contribution in [1.29, 1.82) is 0 Å². The van der Waals surface area contributed by atoms with Crippen molar-refractivity contribution in [3.05, 3.63) is 23.8 Å². The zero-order valence-corrected chi connectivity index (χ0v) is 23.7. The first kappa shape index (κ1) is 28.7. The first-order valence-electron chi connectivity index (χ1n) is 13.8. The van der Waals surface area contributed by atoms with Crippen LogP contribution < -0.4 is 9.64 Å². The lowest BCUT2D eigenvalue weighted by atomic mass is 9.97. The van der Waals surface area contributed by atoms with E-state index in [1.807, 2.05) is 37.5 Å². The zero-order valence-electron chi connectivity index (χ0n) is 23.7. The highest BCUT2D eigenvalue weighted by Crippen LogP contribution is 2.42. The van der Waals surface area contributed by atoms with Crippen LogP contribution in [0.4, 0.5) is 23.8 Å². The Morgan fingerprint density at radius 3 is 2.58 bits per heavy atom. The van der Waals surface area contributed by atoms with Crippen LogP contribution in [-0.2, 0) is 4.74 Å². The van der Waals surface area contributed by atoms with E-state index in [2.05, 4.69) is 9.97 Å². The quantitative estimate of drug-likeness (QED) is 0.561. The van der Waals surface area contributed by atoms with E-state index in [0.29, 0.717) is 31.9 Å². The number of aromatic nitrogens is 2. The first-order valence-corrected chi connectivity index (χ1v) is 13.8. The Morgan fingerprint density at radius 1 is 1.18 bits per heavy atom. The van der Waals surface area contributed by atoms with Gasteiger partial charge in [0, 0.05) is 44.2 Å². The van der Waals surface area contributed by atoms with Crippen molar-refractivity contribution < 1.29 is 32.5 Å².